The van der Waals surface area contributed by atoms with Gasteiger partial charge < -0.3 is 23.8 Å². The van der Waals surface area contributed by atoms with Crippen LogP contribution in [0.1, 0.15) is 28.3 Å². The van der Waals surface area contributed by atoms with Crippen molar-refractivity contribution in [3.63, 3.8) is 0 Å². The van der Waals surface area contributed by atoms with E-state index >= 15 is 0 Å². The molecule has 1 heterocycles. The van der Waals surface area contributed by atoms with Crippen LogP contribution >= 0.6 is 0 Å². The van der Waals surface area contributed by atoms with Crippen molar-refractivity contribution in [1.82, 2.24) is 4.90 Å². The standard InChI is InChI=1S/C27H28N2O5/c1-17-11-12-19-21(15-17)28-27(20-13-14-22(31-2)26(34-5)25(20)33-4)29(16-23(30)32-3)24(19)18-9-7-6-8-10-18/h6-15,24H,16H2,1-5H3/t24-/m0/s1. The summed E-state index contributed by atoms with van der Waals surface area (Å²) in [6.07, 6.45) is 0. The summed E-state index contributed by atoms with van der Waals surface area (Å²) in [4.78, 5) is 19.5. The lowest BCUT2D eigenvalue weighted by Gasteiger charge is -2.38. The van der Waals surface area contributed by atoms with Crippen LogP contribution < -0.4 is 14.2 Å². The quantitative estimate of drug-likeness (QED) is 0.477. The second-order valence-corrected chi connectivity index (χ2v) is 7.90. The van der Waals surface area contributed by atoms with Crippen LogP contribution in [0.15, 0.2) is 65.7 Å². The summed E-state index contributed by atoms with van der Waals surface area (Å²) in [7, 11) is 6.09. The fourth-order valence-corrected chi connectivity index (χ4v) is 4.31. The van der Waals surface area contributed by atoms with Gasteiger partial charge in [0.05, 0.1) is 45.7 Å². The van der Waals surface area contributed by atoms with Gasteiger partial charge in [0.25, 0.3) is 0 Å². The smallest absolute Gasteiger partial charge is 0.325 e. The minimum atomic E-state index is -0.372. The van der Waals surface area contributed by atoms with Crippen molar-refractivity contribution >= 4 is 17.5 Å². The Bertz CT molecular complexity index is 1220. The monoisotopic (exact) mass is 460 g/mol. The van der Waals surface area contributed by atoms with Crippen LogP contribution in [0.3, 0.4) is 0 Å². The minimum absolute atomic E-state index is 0.000288. The normalized spacial score (nSPS) is 14.7. The van der Waals surface area contributed by atoms with Crippen molar-refractivity contribution in [2.45, 2.75) is 13.0 Å². The van der Waals surface area contributed by atoms with E-state index in [9.17, 15) is 4.79 Å². The molecule has 0 amide bonds. The maximum absolute atomic E-state index is 12.6. The van der Waals surface area contributed by atoms with Crippen LogP contribution in [-0.4, -0.2) is 51.7 Å². The second kappa shape index (κ2) is 9.87. The molecule has 1 aliphatic heterocycles. The lowest BCUT2D eigenvalue weighted by molar-refractivity contribution is -0.141. The van der Waals surface area contributed by atoms with Crippen LogP contribution in [0, 0.1) is 6.92 Å². The second-order valence-electron chi connectivity index (χ2n) is 7.90. The van der Waals surface area contributed by atoms with Gasteiger partial charge in [0.15, 0.2) is 11.5 Å². The summed E-state index contributed by atoms with van der Waals surface area (Å²) < 4.78 is 21.9. The number of ether oxygens (including phenoxy) is 4. The number of carbonyl (C=O) groups is 1. The predicted octanol–water partition coefficient (Wildman–Crippen LogP) is 4.68. The Hall–Kier alpha value is -4.00. The summed E-state index contributed by atoms with van der Waals surface area (Å²) in [6.45, 7) is 2.03. The molecule has 4 rings (SSSR count). The number of rotatable bonds is 7. The van der Waals surface area contributed by atoms with E-state index in [2.05, 4.69) is 12.1 Å². The molecule has 7 nitrogen and oxygen atoms in total. The summed E-state index contributed by atoms with van der Waals surface area (Å²) in [6, 6.07) is 19.6. The van der Waals surface area contributed by atoms with Gasteiger partial charge in [-0.05, 0) is 36.2 Å². The molecule has 0 saturated heterocycles. The van der Waals surface area contributed by atoms with Crippen molar-refractivity contribution in [2.75, 3.05) is 35.0 Å². The van der Waals surface area contributed by atoms with Gasteiger partial charge >= 0.3 is 5.97 Å². The molecule has 0 N–H and O–H groups in total. The topological polar surface area (TPSA) is 69.6 Å². The fraction of sp³-hybridized carbons (Fsp3) is 0.259. The maximum atomic E-state index is 12.6. The maximum Gasteiger partial charge on any atom is 0.325 e. The molecule has 1 atom stereocenters. The number of fused-ring (bicyclic) bond motifs is 1. The number of amidine groups is 1. The molecule has 0 saturated carbocycles. The number of aliphatic imine (C=N–C) groups is 1. The highest BCUT2D eigenvalue weighted by atomic mass is 16.5. The largest absolute Gasteiger partial charge is 0.493 e. The molecule has 3 aromatic rings. The van der Waals surface area contributed by atoms with Gasteiger partial charge in [-0.1, -0.05) is 42.5 Å². The number of hydrogen-bond acceptors (Lipinski definition) is 7. The first-order valence-electron chi connectivity index (χ1n) is 10.9. The van der Waals surface area contributed by atoms with E-state index in [0.29, 0.717) is 28.6 Å². The van der Waals surface area contributed by atoms with E-state index in [1.807, 2.05) is 54.3 Å². The summed E-state index contributed by atoms with van der Waals surface area (Å²) in [5, 5.41) is 0. The fourth-order valence-electron chi connectivity index (χ4n) is 4.31. The molecular formula is C27H28N2O5. The molecule has 0 radical (unpaired) electrons. The van der Waals surface area contributed by atoms with Gasteiger partial charge in [-0.15, -0.1) is 0 Å². The Morgan fingerprint density at radius 3 is 2.29 bits per heavy atom. The first-order chi connectivity index (χ1) is 16.5. The molecule has 0 aliphatic carbocycles. The van der Waals surface area contributed by atoms with Crippen molar-refractivity contribution in [1.29, 1.82) is 0 Å². The van der Waals surface area contributed by atoms with Gasteiger partial charge in [0, 0.05) is 5.56 Å². The Labute approximate surface area is 199 Å². The van der Waals surface area contributed by atoms with Gasteiger partial charge in [0.2, 0.25) is 5.75 Å². The number of aryl methyl sites for hydroxylation is 1. The number of carbonyl (C=O) groups excluding carboxylic acids is 1. The molecule has 176 valence electrons. The third-order valence-corrected chi connectivity index (χ3v) is 5.88. The van der Waals surface area contributed by atoms with Gasteiger partial charge in [0.1, 0.15) is 12.4 Å². The Kier molecular flexibility index (Phi) is 6.72. The van der Waals surface area contributed by atoms with E-state index in [4.69, 9.17) is 23.9 Å². The SMILES string of the molecule is COC(=O)CN1C(c2ccc(OC)c(OC)c2OC)=Nc2cc(C)ccc2[C@@H]1c1ccccc1. The van der Waals surface area contributed by atoms with Gasteiger partial charge in [-0.2, -0.15) is 0 Å². The molecule has 7 heteroatoms. The molecule has 0 bridgehead atoms. The molecular weight excluding hydrogens is 432 g/mol. The molecule has 0 aromatic heterocycles. The zero-order valence-corrected chi connectivity index (χ0v) is 20.0. The van der Waals surface area contributed by atoms with Crippen molar-refractivity contribution in [2.24, 2.45) is 4.99 Å². The number of esters is 1. The third kappa shape index (κ3) is 4.17. The van der Waals surface area contributed by atoms with Gasteiger partial charge in [-0.25, -0.2) is 4.99 Å². The Balaban J connectivity index is 2.01. The van der Waals surface area contributed by atoms with Gasteiger partial charge in [-0.3, -0.25) is 4.79 Å². The first kappa shape index (κ1) is 23.2. The number of hydrogen-bond donors (Lipinski definition) is 0. The minimum Gasteiger partial charge on any atom is -0.493 e. The zero-order chi connectivity index (χ0) is 24.2. The van der Waals surface area contributed by atoms with Crippen LogP contribution in [0.2, 0.25) is 0 Å². The summed E-state index contributed by atoms with van der Waals surface area (Å²) in [5.41, 5.74) is 4.64. The third-order valence-electron chi connectivity index (χ3n) is 5.88. The summed E-state index contributed by atoms with van der Waals surface area (Å²) in [5.74, 6) is 1.67. The molecule has 0 spiro atoms. The highest BCUT2D eigenvalue weighted by molar-refractivity contribution is 6.06. The number of benzene rings is 3. The highest BCUT2D eigenvalue weighted by Crippen LogP contribution is 2.45. The Morgan fingerprint density at radius 2 is 1.65 bits per heavy atom. The molecule has 3 aromatic carbocycles. The van der Waals surface area contributed by atoms with Crippen LogP contribution in [-0.2, 0) is 9.53 Å². The van der Waals surface area contributed by atoms with Crippen molar-refractivity contribution in [3.8, 4) is 17.2 Å². The molecule has 34 heavy (non-hydrogen) atoms. The van der Waals surface area contributed by atoms with E-state index < -0.39 is 0 Å². The predicted molar refractivity (Wildman–Crippen MR) is 130 cm³/mol. The van der Waals surface area contributed by atoms with E-state index in [0.717, 1.165) is 22.4 Å². The average molecular weight is 461 g/mol. The zero-order valence-electron chi connectivity index (χ0n) is 20.0. The lowest BCUT2D eigenvalue weighted by Crippen LogP contribution is -2.42. The molecule has 0 fully saturated rings. The molecule has 1 aliphatic rings. The molecule has 0 unspecified atom stereocenters. The van der Waals surface area contributed by atoms with Crippen LogP contribution in [0.5, 0.6) is 17.2 Å². The Morgan fingerprint density at radius 1 is 0.912 bits per heavy atom. The average Bonchev–Trinajstić information content (AvgIpc) is 2.87. The first-order valence-corrected chi connectivity index (χ1v) is 10.9. The lowest BCUT2D eigenvalue weighted by atomic mass is 9.92. The number of nitrogens with zero attached hydrogens (tertiary/aromatic N) is 2. The van der Waals surface area contributed by atoms with Crippen molar-refractivity contribution in [3.05, 3.63) is 82.9 Å². The van der Waals surface area contributed by atoms with Crippen molar-refractivity contribution < 1.29 is 23.7 Å². The van der Waals surface area contributed by atoms with Crippen LogP contribution in [0.25, 0.3) is 0 Å². The summed E-state index contributed by atoms with van der Waals surface area (Å²) >= 11 is 0. The van der Waals surface area contributed by atoms with Crippen LogP contribution in [0.4, 0.5) is 5.69 Å². The van der Waals surface area contributed by atoms with E-state index in [1.165, 1.54) is 7.11 Å². The van der Waals surface area contributed by atoms with E-state index in [1.54, 1.807) is 27.4 Å². The van der Waals surface area contributed by atoms with E-state index in [-0.39, 0.29) is 18.6 Å². The highest BCUT2D eigenvalue weighted by Gasteiger charge is 2.35. The number of methoxy groups -OCH3 is 4.